The Morgan fingerprint density at radius 1 is 1.24 bits per heavy atom. The van der Waals surface area contributed by atoms with E-state index in [1.807, 2.05) is 0 Å². The summed E-state index contributed by atoms with van der Waals surface area (Å²) < 4.78 is 15.6. The fraction of sp³-hybridized carbons (Fsp3) is 0.500. The van der Waals surface area contributed by atoms with Gasteiger partial charge in [0.2, 0.25) is 17.2 Å². The number of phenols is 1. The molecule has 5 heteroatoms. The Bertz CT molecular complexity index is 548. The number of phenolic OH excluding ortho intramolecular Hbond substituents is 1. The van der Waals surface area contributed by atoms with Crippen molar-refractivity contribution in [1.29, 1.82) is 0 Å². The molecule has 1 N–H and O–H groups in total. The number of methoxy groups -OCH3 is 2. The minimum Gasteiger partial charge on any atom is -0.504 e. The van der Waals surface area contributed by atoms with Gasteiger partial charge >= 0.3 is 0 Å². The Morgan fingerprint density at radius 2 is 1.95 bits per heavy atom. The Morgan fingerprint density at radius 3 is 2.57 bits per heavy atom. The molecule has 0 atom stereocenters. The molecule has 1 aliphatic heterocycles. The third kappa shape index (κ3) is 2.78. The summed E-state index contributed by atoms with van der Waals surface area (Å²) in [7, 11) is 2.77. The maximum absolute atomic E-state index is 12.4. The van der Waals surface area contributed by atoms with Gasteiger partial charge in [0.1, 0.15) is 0 Å². The Kier molecular flexibility index (Phi) is 4.96. The summed E-state index contributed by atoms with van der Waals surface area (Å²) >= 11 is 0. The number of benzene rings is 1. The van der Waals surface area contributed by atoms with E-state index in [1.165, 1.54) is 14.2 Å². The van der Waals surface area contributed by atoms with E-state index in [0.29, 0.717) is 23.3 Å². The monoisotopic (exact) mass is 292 g/mol. The van der Waals surface area contributed by atoms with E-state index in [1.54, 1.807) is 0 Å². The lowest BCUT2D eigenvalue weighted by Gasteiger charge is -2.23. The third-order valence-corrected chi connectivity index (χ3v) is 3.51. The van der Waals surface area contributed by atoms with Crippen molar-refractivity contribution in [2.75, 3.05) is 20.8 Å². The second-order valence-electron chi connectivity index (χ2n) is 4.85. The zero-order valence-corrected chi connectivity index (χ0v) is 12.6. The van der Waals surface area contributed by atoms with Crippen molar-refractivity contribution in [1.82, 2.24) is 0 Å². The molecule has 1 aromatic carbocycles. The van der Waals surface area contributed by atoms with E-state index in [-0.39, 0.29) is 29.6 Å². The molecule has 1 heterocycles. The summed E-state index contributed by atoms with van der Waals surface area (Å²) in [4.78, 5) is 0. The molecule has 1 aromatic rings. The predicted octanol–water partition coefficient (Wildman–Crippen LogP) is 3.46. The van der Waals surface area contributed by atoms with Crippen LogP contribution in [0.3, 0.4) is 0 Å². The van der Waals surface area contributed by atoms with Crippen molar-refractivity contribution in [3.8, 4) is 23.0 Å². The summed E-state index contributed by atoms with van der Waals surface area (Å²) in [5.74, 6) is -0.312. The number of hydrogen-bond donors (Lipinski definition) is 1. The maximum atomic E-state index is 12.4. The van der Waals surface area contributed by atoms with E-state index in [0.717, 1.165) is 19.3 Å². The number of allylic oxidation sites excluding steroid dienone is 1. The summed E-state index contributed by atoms with van der Waals surface area (Å²) in [5, 5.41) is 22.9. The summed E-state index contributed by atoms with van der Waals surface area (Å²) in [5.41, 5.74) is 1.59. The van der Waals surface area contributed by atoms with Crippen LogP contribution in [-0.4, -0.2) is 25.9 Å². The number of fused-ring (bicyclic) bond motifs is 1. The van der Waals surface area contributed by atoms with Gasteiger partial charge in [0, 0.05) is 11.1 Å². The number of ether oxygens (including phenoxy) is 3. The first-order chi connectivity index (χ1) is 10.2. The predicted molar refractivity (Wildman–Crippen MR) is 77.2 cm³/mol. The van der Waals surface area contributed by atoms with Crippen molar-refractivity contribution in [3.63, 3.8) is 0 Å². The molecule has 2 radical (unpaired) electrons. The molecule has 0 amide bonds. The lowest BCUT2D eigenvalue weighted by atomic mass is 9.94. The first-order valence-electron chi connectivity index (χ1n) is 7.00. The van der Waals surface area contributed by atoms with Crippen LogP contribution in [0.4, 0.5) is 0 Å². The van der Waals surface area contributed by atoms with Crippen molar-refractivity contribution in [3.05, 3.63) is 17.2 Å². The van der Waals surface area contributed by atoms with Crippen LogP contribution in [0.1, 0.15) is 37.3 Å². The fourth-order valence-electron chi connectivity index (χ4n) is 2.44. The van der Waals surface area contributed by atoms with Crippen LogP contribution in [0.2, 0.25) is 0 Å². The Labute approximate surface area is 124 Å². The highest BCUT2D eigenvalue weighted by Crippen LogP contribution is 2.52. The molecule has 21 heavy (non-hydrogen) atoms. The first-order valence-corrected chi connectivity index (χ1v) is 7.00. The quantitative estimate of drug-likeness (QED) is 0.844. The highest BCUT2D eigenvalue weighted by molar-refractivity contribution is 5.81. The van der Waals surface area contributed by atoms with Gasteiger partial charge in [-0.1, -0.05) is 13.3 Å². The molecule has 0 unspecified atom stereocenters. The van der Waals surface area contributed by atoms with Crippen molar-refractivity contribution < 1.29 is 24.4 Å². The maximum Gasteiger partial charge on any atom is 0.230 e. The average molecular weight is 292 g/mol. The van der Waals surface area contributed by atoms with Gasteiger partial charge in [-0.3, -0.25) is 5.11 Å². The first kappa shape index (κ1) is 15.5. The van der Waals surface area contributed by atoms with Gasteiger partial charge in [0.15, 0.2) is 5.75 Å². The molecular weight excluding hydrogens is 272 g/mol. The largest absolute Gasteiger partial charge is 0.504 e. The van der Waals surface area contributed by atoms with Crippen LogP contribution < -0.4 is 9.47 Å². The second kappa shape index (κ2) is 6.72. The number of aromatic hydroxyl groups is 1. The smallest absolute Gasteiger partial charge is 0.230 e. The molecule has 0 saturated heterocycles. The molecule has 5 nitrogen and oxygen atoms in total. The van der Waals surface area contributed by atoms with E-state index in [4.69, 9.17) is 14.2 Å². The van der Waals surface area contributed by atoms with Crippen LogP contribution in [0.15, 0.2) is 0 Å². The fourth-order valence-corrected chi connectivity index (χ4v) is 2.44. The molecule has 1 aliphatic rings. The molecule has 0 saturated carbocycles. The summed E-state index contributed by atoms with van der Waals surface area (Å²) in [6.45, 7) is 2.58. The highest BCUT2D eigenvalue weighted by atomic mass is 16.5. The standard InChI is InChI=1S/C16H20O5/c1-4-5-6-7-10-8-21-9-11-12(10)14(18)16(20-3)15(19-2)13(11)17/h18H,4-6,8-9H2,1-3H3. The Balaban J connectivity index is 2.58. The topological polar surface area (TPSA) is 67.8 Å². The van der Waals surface area contributed by atoms with Gasteiger partial charge in [0.25, 0.3) is 0 Å². The molecule has 0 aromatic heterocycles. The minimum atomic E-state index is -0.309. The van der Waals surface area contributed by atoms with Crippen LogP contribution in [0, 0.1) is 6.08 Å². The molecular formula is C16H20O5. The summed E-state index contributed by atoms with van der Waals surface area (Å²) in [6.07, 6.45) is 6.04. The van der Waals surface area contributed by atoms with E-state index >= 15 is 0 Å². The van der Waals surface area contributed by atoms with Gasteiger partial charge < -0.3 is 19.3 Å². The van der Waals surface area contributed by atoms with Crippen LogP contribution in [-0.2, 0) is 16.5 Å². The molecule has 114 valence electrons. The molecule has 0 fully saturated rings. The van der Waals surface area contributed by atoms with Crippen molar-refractivity contribution in [2.45, 2.75) is 32.8 Å². The van der Waals surface area contributed by atoms with Gasteiger partial charge in [-0.2, -0.15) is 0 Å². The molecule has 0 aliphatic carbocycles. The van der Waals surface area contributed by atoms with Crippen LogP contribution in [0.25, 0.3) is 5.57 Å². The van der Waals surface area contributed by atoms with E-state index in [2.05, 4.69) is 13.0 Å². The van der Waals surface area contributed by atoms with Crippen molar-refractivity contribution >= 4 is 5.57 Å². The van der Waals surface area contributed by atoms with Gasteiger partial charge in [-0.25, -0.2) is 0 Å². The molecule has 0 spiro atoms. The van der Waals surface area contributed by atoms with Gasteiger partial charge in [0.05, 0.1) is 27.4 Å². The van der Waals surface area contributed by atoms with Crippen LogP contribution in [0.5, 0.6) is 23.0 Å². The van der Waals surface area contributed by atoms with Gasteiger partial charge in [-0.15, -0.1) is 0 Å². The zero-order chi connectivity index (χ0) is 15.4. The number of unbranched alkanes of at least 4 members (excludes halogenated alkanes) is 2. The minimum absolute atomic E-state index is 0.00663. The molecule has 0 bridgehead atoms. The zero-order valence-electron chi connectivity index (χ0n) is 12.6. The highest BCUT2D eigenvalue weighted by Gasteiger charge is 2.30. The number of hydrogen-bond acceptors (Lipinski definition) is 4. The summed E-state index contributed by atoms with van der Waals surface area (Å²) in [6, 6.07) is 0. The van der Waals surface area contributed by atoms with Gasteiger partial charge in [-0.05, 0) is 24.5 Å². The third-order valence-electron chi connectivity index (χ3n) is 3.51. The normalized spacial score (nSPS) is 15.9. The Hall–Kier alpha value is -1.88. The lowest BCUT2D eigenvalue weighted by molar-refractivity contribution is 0.139. The van der Waals surface area contributed by atoms with Crippen LogP contribution >= 0.6 is 0 Å². The van der Waals surface area contributed by atoms with E-state index in [9.17, 15) is 10.2 Å². The SMILES string of the molecule is CCCC[C]=C1COCc2c([O])c(OC)c(OC)c(O)c21. The van der Waals surface area contributed by atoms with Crippen molar-refractivity contribution in [2.24, 2.45) is 0 Å². The average Bonchev–Trinajstić information content (AvgIpc) is 2.50. The van der Waals surface area contributed by atoms with E-state index < -0.39 is 0 Å². The molecule has 2 rings (SSSR count). The lowest BCUT2D eigenvalue weighted by Crippen LogP contribution is -2.11. The number of rotatable bonds is 5. The second-order valence-corrected chi connectivity index (χ2v) is 4.85.